The van der Waals surface area contributed by atoms with Gasteiger partial charge in [0, 0.05) is 6.42 Å². The van der Waals surface area contributed by atoms with E-state index in [1.807, 2.05) is 26.0 Å². The molecule has 3 heterocycles. The fourth-order valence-corrected chi connectivity index (χ4v) is 4.10. The summed E-state index contributed by atoms with van der Waals surface area (Å²) in [5.74, 6) is 3.61. The summed E-state index contributed by atoms with van der Waals surface area (Å²) in [4.78, 5) is 14.3. The Morgan fingerprint density at radius 1 is 1.31 bits per heavy atom. The second-order valence-corrected chi connectivity index (χ2v) is 7.07. The molecule has 0 radical (unpaired) electrons. The average molecular weight is 358 g/mol. The molecule has 0 saturated heterocycles. The minimum absolute atomic E-state index is 0.00491. The molecule has 0 fully saturated rings. The van der Waals surface area contributed by atoms with Crippen molar-refractivity contribution in [2.24, 2.45) is 0 Å². The highest BCUT2D eigenvalue weighted by atomic mass is 16.7. The molecular formula is C20H24NO5+. The summed E-state index contributed by atoms with van der Waals surface area (Å²) in [6, 6.07) is 3.87. The van der Waals surface area contributed by atoms with Crippen LogP contribution in [0.25, 0.3) is 0 Å². The van der Waals surface area contributed by atoms with Crippen LogP contribution in [-0.2, 0) is 6.42 Å². The van der Waals surface area contributed by atoms with E-state index in [2.05, 4.69) is 7.05 Å². The Balaban J connectivity index is 1.74. The normalized spacial score (nSPS) is 20.8. The number of methoxy groups -OCH3 is 1. The Labute approximate surface area is 152 Å². The van der Waals surface area contributed by atoms with Gasteiger partial charge in [0.15, 0.2) is 17.3 Å². The Morgan fingerprint density at radius 3 is 2.81 bits per heavy atom. The lowest BCUT2D eigenvalue weighted by molar-refractivity contribution is -0.913. The van der Waals surface area contributed by atoms with Gasteiger partial charge in [-0.2, -0.15) is 0 Å². The van der Waals surface area contributed by atoms with Gasteiger partial charge in [-0.3, -0.25) is 4.79 Å². The second kappa shape index (κ2) is 6.36. The number of benzene rings is 1. The summed E-state index contributed by atoms with van der Waals surface area (Å²) in [5, 5.41) is 0. The summed E-state index contributed by atoms with van der Waals surface area (Å²) in [6.45, 7) is 4.86. The molecule has 1 N–H and O–H groups in total. The zero-order valence-electron chi connectivity index (χ0n) is 15.6. The number of hydrogen-bond acceptors (Lipinski definition) is 5. The van der Waals surface area contributed by atoms with Crippen LogP contribution >= 0.6 is 0 Å². The van der Waals surface area contributed by atoms with Gasteiger partial charge in [0.25, 0.3) is 0 Å². The molecule has 138 valence electrons. The lowest BCUT2D eigenvalue weighted by Gasteiger charge is -2.32. The molecule has 4 rings (SSSR count). The van der Waals surface area contributed by atoms with Crippen LogP contribution in [0.2, 0.25) is 0 Å². The number of Topliss-reactive ketones (excluding diaryl/α,β-unsaturated/α-hetero) is 1. The number of furan rings is 1. The molecule has 6 heteroatoms. The molecule has 1 aromatic heterocycles. The number of rotatable bonds is 4. The Kier molecular flexibility index (Phi) is 4.15. The van der Waals surface area contributed by atoms with Crippen LogP contribution < -0.4 is 19.1 Å². The van der Waals surface area contributed by atoms with Crippen LogP contribution in [0.15, 0.2) is 16.5 Å². The number of hydrogen-bond donors (Lipinski definition) is 1. The molecule has 1 unspecified atom stereocenters. The van der Waals surface area contributed by atoms with E-state index in [0.717, 1.165) is 30.0 Å². The first-order chi connectivity index (χ1) is 12.5. The van der Waals surface area contributed by atoms with E-state index < -0.39 is 0 Å². The lowest BCUT2D eigenvalue weighted by Crippen LogP contribution is -3.10. The predicted molar refractivity (Wildman–Crippen MR) is 94.4 cm³/mol. The monoisotopic (exact) mass is 358 g/mol. The minimum Gasteiger partial charge on any atom is -0.492 e. The third kappa shape index (κ3) is 2.65. The molecule has 0 spiro atoms. The van der Waals surface area contributed by atoms with E-state index >= 15 is 0 Å². The highest BCUT2D eigenvalue weighted by molar-refractivity contribution is 5.97. The summed E-state index contributed by atoms with van der Waals surface area (Å²) < 4.78 is 22.4. The number of carbonyl (C=O) groups excluding carboxylic acids is 1. The molecule has 0 amide bonds. The topological polar surface area (TPSA) is 62.3 Å². The van der Waals surface area contributed by atoms with E-state index in [9.17, 15) is 4.79 Å². The maximum absolute atomic E-state index is 13.0. The zero-order chi connectivity index (χ0) is 18.4. The van der Waals surface area contributed by atoms with Gasteiger partial charge in [-0.1, -0.05) is 0 Å². The van der Waals surface area contributed by atoms with Gasteiger partial charge in [-0.25, -0.2) is 0 Å². The lowest BCUT2D eigenvalue weighted by atomic mass is 9.87. The van der Waals surface area contributed by atoms with Gasteiger partial charge in [-0.15, -0.1) is 0 Å². The van der Waals surface area contributed by atoms with Crippen molar-refractivity contribution in [3.8, 4) is 17.2 Å². The van der Waals surface area contributed by atoms with Gasteiger partial charge in [-0.05, 0) is 31.5 Å². The molecule has 26 heavy (non-hydrogen) atoms. The summed E-state index contributed by atoms with van der Waals surface area (Å²) >= 11 is 0. The van der Waals surface area contributed by atoms with E-state index in [4.69, 9.17) is 18.6 Å². The van der Waals surface area contributed by atoms with Gasteiger partial charge in [0.2, 0.25) is 12.5 Å². The highest BCUT2D eigenvalue weighted by Crippen LogP contribution is 2.47. The second-order valence-electron chi connectivity index (χ2n) is 7.07. The number of carbonyl (C=O) groups is 1. The molecule has 1 aromatic carbocycles. The number of nitrogens with one attached hydrogen (secondary N) is 1. The molecule has 6 nitrogen and oxygen atoms in total. The first kappa shape index (κ1) is 17.0. The molecule has 2 aliphatic rings. The van der Waals surface area contributed by atoms with Gasteiger partial charge < -0.3 is 23.5 Å². The first-order valence-electron chi connectivity index (χ1n) is 8.91. The van der Waals surface area contributed by atoms with E-state index in [1.54, 1.807) is 7.11 Å². The first-order valence-corrected chi connectivity index (χ1v) is 8.91. The predicted octanol–water partition coefficient (Wildman–Crippen LogP) is 2.02. The number of quaternary nitrogens is 1. The standard InChI is InChI=1S/C20H23NO5/c1-11-7-14(12(2)26-11)16(22)9-15-18-13(5-6-21(15)3)8-17-19(20(18)23-4)25-10-24-17/h7-8,15H,5-6,9-10H2,1-4H3/p+1/t15-/m0/s1. The van der Waals surface area contributed by atoms with Crippen LogP contribution in [0.4, 0.5) is 0 Å². The Bertz CT molecular complexity index is 870. The number of ketones is 1. The van der Waals surface area contributed by atoms with Crippen molar-refractivity contribution in [2.75, 3.05) is 27.5 Å². The van der Waals surface area contributed by atoms with Crippen molar-refractivity contribution in [2.45, 2.75) is 32.7 Å². The highest BCUT2D eigenvalue weighted by Gasteiger charge is 2.38. The van der Waals surface area contributed by atoms with Crippen molar-refractivity contribution >= 4 is 5.78 Å². The molecule has 2 aromatic rings. The van der Waals surface area contributed by atoms with E-state index in [0.29, 0.717) is 29.2 Å². The van der Waals surface area contributed by atoms with Crippen LogP contribution in [0.5, 0.6) is 17.2 Å². The smallest absolute Gasteiger partial charge is 0.231 e. The SMILES string of the molecule is COc1c2c(cc3c1[C@H](CC(=O)c1cc(C)oc1C)[NH+](C)CC3)OCO2. The maximum Gasteiger partial charge on any atom is 0.231 e. The fraction of sp³-hybridized carbons (Fsp3) is 0.450. The molecule has 0 aliphatic carbocycles. The third-order valence-electron chi connectivity index (χ3n) is 5.41. The van der Waals surface area contributed by atoms with Crippen molar-refractivity contribution in [3.05, 3.63) is 40.3 Å². The zero-order valence-corrected chi connectivity index (χ0v) is 15.6. The van der Waals surface area contributed by atoms with Crippen molar-refractivity contribution in [3.63, 3.8) is 0 Å². The van der Waals surface area contributed by atoms with Gasteiger partial charge >= 0.3 is 0 Å². The van der Waals surface area contributed by atoms with Crippen LogP contribution in [-0.4, -0.2) is 33.3 Å². The van der Waals surface area contributed by atoms with E-state index in [1.165, 1.54) is 10.5 Å². The maximum atomic E-state index is 13.0. The molecule has 2 atom stereocenters. The van der Waals surface area contributed by atoms with E-state index in [-0.39, 0.29) is 18.6 Å². The summed E-state index contributed by atoms with van der Waals surface area (Å²) in [6.07, 6.45) is 1.32. The average Bonchev–Trinajstić information content (AvgIpc) is 3.21. The van der Waals surface area contributed by atoms with Gasteiger partial charge in [0.05, 0.1) is 38.2 Å². The van der Waals surface area contributed by atoms with Crippen LogP contribution in [0.1, 0.15) is 45.5 Å². The number of likely N-dealkylation sites (N-methyl/N-ethyl adjacent to an activating group) is 1. The third-order valence-corrected chi connectivity index (χ3v) is 5.41. The largest absolute Gasteiger partial charge is 0.492 e. The van der Waals surface area contributed by atoms with Crippen molar-refractivity contribution in [1.82, 2.24) is 0 Å². The molecule has 0 bridgehead atoms. The van der Waals surface area contributed by atoms with Crippen LogP contribution in [0.3, 0.4) is 0 Å². The number of aryl methyl sites for hydroxylation is 2. The van der Waals surface area contributed by atoms with Crippen molar-refractivity contribution < 1.29 is 28.3 Å². The molecule has 0 saturated carbocycles. The Morgan fingerprint density at radius 2 is 2.12 bits per heavy atom. The molecular weight excluding hydrogens is 334 g/mol. The van der Waals surface area contributed by atoms with Crippen molar-refractivity contribution in [1.29, 1.82) is 0 Å². The van der Waals surface area contributed by atoms with Gasteiger partial charge in [0.1, 0.15) is 17.6 Å². The number of ether oxygens (including phenoxy) is 3. The Hall–Kier alpha value is -2.47. The fourth-order valence-electron chi connectivity index (χ4n) is 4.10. The summed E-state index contributed by atoms with van der Waals surface area (Å²) in [7, 11) is 3.77. The number of fused-ring (bicyclic) bond motifs is 2. The quantitative estimate of drug-likeness (QED) is 0.848. The van der Waals surface area contributed by atoms with Crippen LogP contribution in [0, 0.1) is 13.8 Å². The minimum atomic E-state index is 0.00491. The summed E-state index contributed by atoms with van der Waals surface area (Å²) in [5.41, 5.74) is 2.91. The molecule has 2 aliphatic heterocycles.